The van der Waals surface area contributed by atoms with Crippen LogP contribution in [0.25, 0.3) is 10.9 Å². The average molecular weight is 394 g/mol. The molecule has 7 heteroatoms. The summed E-state index contributed by atoms with van der Waals surface area (Å²) in [6, 6.07) is 12.5. The highest BCUT2D eigenvalue weighted by Gasteiger charge is 2.34. The summed E-state index contributed by atoms with van der Waals surface area (Å²) in [6.45, 7) is 0.425. The van der Waals surface area contributed by atoms with Crippen molar-refractivity contribution in [2.45, 2.75) is 18.9 Å². The molecule has 7 nitrogen and oxygen atoms in total. The number of para-hydroxylation sites is 1. The van der Waals surface area contributed by atoms with Gasteiger partial charge in [0.2, 0.25) is 0 Å². The van der Waals surface area contributed by atoms with Crippen molar-refractivity contribution in [1.82, 2.24) is 9.88 Å². The summed E-state index contributed by atoms with van der Waals surface area (Å²) in [6.07, 6.45) is 0.423. The molecule has 0 radical (unpaired) electrons. The minimum absolute atomic E-state index is 0.186. The van der Waals surface area contributed by atoms with Crippen LogP contribution in [0.3, 0.4) is 0 Å². The Morgan fingerprint density at radius 2 is 1.86 bits per heavy atom. The molecule has 1 aliphatic heterocycles. The number of aromatic amines is 1. The number of carboxylic acids is 1. The molecule has 0 fully saturated rings. The molecule has 29 heavy (non-hydrogen) atoms. The number of nitrogens with one attached hydrogen (secondary N) is 1. The summed E-state index contributed by atoms with van der Waals surface area (Å²) in [7, 11) is 3.10. The van der Waals surface area contributed by atoms with Gasteiger partial charge < -0.3 is 24.5 Å². The molecule has 2 heterocycles. The van der Waals surface area contributed by atoms with Crippen LogP contribution in [0, 0.1) is 0 Å². The molecule has 3 aromatic rings. The van der Waals surface area contributed by atoms with E-state index < -0.39 is 12.0 Å². The number of rotatable bonds is 5. The van der Waals surface area contributed by atoms with E-state index in [0.29, 0.717) is 30.2 Å². The van der Waals surface area contributed by atoms with Crippen LogP contribution >= 0.6 is 0 Å². The molecular weight excluding hydrogens is 372 g/mol. The SMILES string of the molecule is COc1cc2c(cc1OC)[C@@H](CC(=O)O)N(C(=O)c1cc3ccccc3[nH]1)CC2. The van der Waals surface area contributed by atoms with Crippen LogP contribution in [0.2, 0.25) is 0 Å². The van der Waals surface area contributed by atoms with Gasteiger partial charge in [-0.25, -0.2) is 0 Å². The summed E-state index contributed by atoms with van der Waals surface area (Å²) in [5, 5.41) is 10.4. The highest BCUT2D eigenvalue weighted by molar-refractivity contribution is 5.98. The molecule has 0 saturated carbocycles. The van der Waals surface area contributed by atoms with E-state index in [1.807, 2.05) is 30.3 Å². The smallest absolute Gasteiger partial charge is 0.305 e. The Bertz CT molecular complexity index is 1050. The second kappa shape index (κ2) is 7.50. The fraction of sp³-hybridized carbons (Fsp3) is 0.273. The number of carbonyl (C=O) groups is 2. The first-order chi connectivity index (χ1) is 14.0. The second-order valence-corrected chi connectivity index (χ2v) is 7.04. The molecule has 1 atom stereocenters. The number of hydrogen-bond donors (Lipinski definition) is 2. The van der Waals surface area contributed by atoms with Crippen molar-refractivity contribution in [1.29, 1.82) is 0 Å². The normalized spacial score (nSPS) is 15.8. The van der Waals surface area contributed by atoms with Crippen LogP contribution in [0.5, 0.6) is 11.5 Å². The van der Waals surface area contributed by atoms with Gasteiger partial charge in [-0.2, -0.15) is 0 Å². The molecule has 0 saturated heterocycles. The van der Waals surface area contributed by atoms with E-state index in [-0.39, 0.29) is 12.3 Å². The fourth-order valence-corrected chi connectivity index (χ4v) is 4.00. The number of hydrogen-bond acceptors (Lipinski definition) is 4. The average Bonchev–Trinajstić information content (AvgIpc) is 3.16. The van der Waals surface area contributed by atoms with Crippen LogP contribution in [-0.2, 0) is 11.2 Å². The Balaban J connectivity index is 1.75. The van der Waals surface area contributed by atoms with E-state index in [2.05, 4.69) is 4.98 Å². The molecular formula is C22H22N2O5. The maximum absolute atomic E-state index is 13.3. The predicted octanol–water partition coefficient (Wildman–Crippen LogP) is 3.40. The van der Waals surface area contributed by atoms with Gasteiger partial charge in [-0.15, -0.1) is 0 Å². The lowest BCUT2D eigenvalue weighted by molar-refractivity contribution is -0.138. The highest BCUT2D eigenvalue weighted by Crippen LogP contribution is 2.40. The molecule has 1 aliphatic rings. The lowest BCUT2D eigenvalue weighted by Gasteiger charge is -2.37. The zero-order chi connectivity index (χ0) is 20.5. The first kappa shape index (κ1) is 18.9. The second-order valence-electron chi connectivity index (χ2n) is 7.04. The molecule has 1 amide bonds. The highest BCUT2D eigenvalue weighted by atomic mass is 16.5. The number of carboxylic acid groups (broad SMARTS) is 1. The van der Waals surface area contributed by atoms with E-state index in [1.54, 1.807) is 24.1 Å². The van der Waals surface area contributed by atoms with Crippen molar-refractivity contribution >= 4 is 22.8 Å². The Labute approximate surface area is 167 Å². The third-order valence-electron chi connectivity index (χ3n) is 5.39. The molecule has 1 aromatic heterocycles. The lowest BCUT2D eigenvalue weighted by Crippen LogP contribution is -2.41. The summed E-state index contributed by atoms with van der Waals surface area (Å²) < 4.78 is 10.8. The van der Waals surface area contributed by atoms with Crippen molar-refractivity contribution in [2.24, 2.45) is 0 Å². The number of aromatic nitrogens is 1. The number of fused-ring (bicyclic) bond motifs is 2. The van der Waals surface area contributed by atoms with Crippen LogP contribution in [0.4, 0.5) is 0 Å². The first-order valence-corrected chi connectivity index (χ1v) is 9.37. The number of nitrogens with zero attached hydrogens (tertiary/aromatic N) is 1. The van der Waals surface area contributed by atoms with Crippen molar-refractivity contribution in [3.8, 4) is 11.5 Å². The summed E-state index contributed by atoms with van der Waals surface area (Å²) >= 11 is 0. The van der Waals surface area contributed by atoms with E-state index in [9.17, 15) is 14.7 Å². The van der Waals surface area contributed by atoms with Gasteiger partial charge in [0.25, 0.3) is 5.91 Å². The summed E-state index contributed by atoms with van der Waals surface area (Å²) in [4.78, 5) is 29.7. The van der Waals surface area contributed by atoms with Crippen LogP contribution in [0.15, 0.2) is 42.5 Å². The van der Waals surface area contributed by atoms with Crippen LogP contribution in [-0.4, -0.2) is 47.6 Å². The maximum atomic E-state index is 13.3. The van der Waals surface area contributed by atoms with Crippen molar-refractivity contribution in [3.63, 3.8) is 0 Å². The van der Waals surface area contributed by atoms with Gasteiger partial charge in [0.1, 0.15) is 5.69 Å². The number of aliphatic carboxylic acids is 1. The van der Waals surface area contributed by atoms with Gasteiger partial charge in [-0.1, -0.05) is 18.2 Å². The minimum Gasteiger partial charge on any atom is -0.493 e. The third-order valence-corrected chi connectivity index (χ3v) is 5.39. The van der Waals surface area contributed by atoms with Crippen LogP contribution < -0.4 is 9.47 Å². The fourth-order valence-electron chi connectivity index (χ4n) is 4.00. The summed E-state index contributed by atoms with van der Waals surface area (Å²) in [5.41, 5.74) is 3.07. The van der Waals surface area contributed by atoms with Gasteiger partial charge in [-0.3, -0.25) is 9.59 Å². The van der Waals surface area contributed by atoms with Crippen LogP contribution in [0.1, 0.15) is 34.1 Å². The Morgan fingerprint density at radius 3 is 2.55 bits per heavy atom. The number of H-pyrrole nitrogens is 1. The predicted molar refractivity (Wildman–Crippen MR) is 108 cm³/mol. The molecule has 150 valence electrons. The Hall–Kier alpha value is -3.48. The van der Waals surface area contributed by atoms with E-state index in [4.69, 9.17) is 9.47 Å². The molecule has 0 spiro atoms. The molecule has 0 unspecified atom stereocenters. The molecule has 0 aliphatic carbocycles. The van der Waals surface area contributed by atoms with Crippen molar-refractivity contribution in [2.75, 3.05) is 20.8 Å². The van der Waals surface area contributed by atoms with Gasteiger partial charge in [0.15, 0.2) is 11.5 Å². The number of carbonyl (C=O) groups excluding carboxylic acids is 1. The quantitative estimate of drug-likeness (QED) is 0.692. The monoisotopic (exact) mass is 394 g/mol. The number of methoxy groups -OCH3 is 2. The lowest BCUT2D eigenvalue weighted by atomic mass is 9.89. The Kier molecular flexibility index (Phi) is 4.88. The van der Waals surface area contributed by atoms with E-state index in [1.165, 1.54) is 7.11 Å². The van der Waals surface area contributed by atoms with Gasteiger partial charge in [-0.05, 0) is 41.8 Å². The molecule has 2 aromatic carbocycles. The molecule has 4 rings (SSSR count). The topological polar surface area (TPSA) is 91.9 Å². The standard InChI is InChI=1S/C22H22N2O5/c1-28-19-10-13-7-8-24(18(12-21(25)26)15(13)11-20(19)29-2)22(27)17-9-14-5-3-4-6-16(14)23-17/h3-6,9-11,18,23H,7-8,12H2,1-2H3,(H,25,26)/t18-/m1/s1. The molecule has 0 bridgehead atoms. The van der Waals surface area contributed by atoms with Gasteiger partial charge in [0.05, 0.1) is 26.7 Å². The number of benzene rings is 2. The van der Waals surface area contributed by atoms with Gasteiger partial charge >= 0.3 is 5.97 Å². The first-order valence-electron chi connectivity index (χ1n) is 9.37. The summed E-state index contributed by atoms with van der Waals surface area (Å²) in [5.74, 6) is -0.0720. The van der Waals surface area contributed by atoms with Crippen molar-refractivity contribution in [3.05, 3.63) is 59.3 Å². The largest absolute Gasteiger partial charge is 0.493 e. The number of amides is 1. The van der Waals surface area contributed by atoms with Gasteiger partial charge in [0, 0.05) is 17.4 Å². The Morgan fingerprint density at radius 1 is 1.14 bits per heavy atom. The minimum atomic E-state index is -0.966. The van der Waals surface area contributed by atoms with E-state index >= 15 is 0 Å². The third kappa shape index (κ3) is 3.40. The van der Waals surface area contributed by atoms with Crippen molar-refractivity contribution < 1.29 is 24.2 Å². The zero-order valence-electron chi connectivity index (χ0n) is 16.3. The molecule has 2 N–H and O–H groups in total. The number of ether oxygens (including phenoxy) is 2. The zero-order valence-corrected chi connectivity index (χ0v) is 16.3. The van der Waals surface area contributed by atoms with E-state index in [0.717, 1.165) is 22.0 Å². The maximum Gasteiger partial charge on any atom is 0.305 e.